The largest absolute Gasteiger partial charge is 0.371 e. The molecule has 0 amide bonds. The van der Waals surface area contributed by atoms with Crippen LogP contribution in [0, 0.1) is 0 Å². The topological polar surface area (TPSA) is 29.3 Å². The lowest BCUT2D eigenvalue weighted by Gasteiger charge is -2.34. The highest BCUT2D eigenvalue weighted by Gasteiger charge is 2.16. The van der Waals surface area contributed by atoms with Crippen molar-refractivity contribution in [3.05, 3.63) is 28.2 Å². The first-order valence-electron chi connectivity index (χ1n) is 4.54. The van der Waals surface area contributed by atoms with Crippen LogP contribution in [-0.2, 0) is 6.54 Å². The Bertz CT molecular complexity index is 308. The molecule has 0 radical (unpaired) electrons. The van der Waals surface area contributed by atoms with Gasteiger partial charge in [0, 0.05) is 29.8 Å². The van der Waals surface area contributed by atoms with Crippen LogP contribution in [-0.4, -0.2) is 13.1 Å². The Kier molecular flexibility index (Phi) is 2.56. The smallest absolute Gasteiger partial charge is 0.0412 e. The Morgan fingerprint density at radius 2 is 2.15 bits per heavy atom. The Morgan fingerprint density at radius 3 is 2.69 bits per heavy atom. The number of hydrogen-bond acceptors (Lipinski definition) is 2. The van der Waals surface area contributed by atoms with Crippen LogP contribution in [0.4, 0.5) is 5.69 Å². The lowest BCUT2D eigenvalue weighted by molar-refractivity contribution is 0.615. The quantitative estimate of drug-likeness (QED) is 0.859. The molecule has 13 heavy (non-hydrogen) atoms. The van der Waals surface area contributed by atoms with Crippen LogP contribution in [0.1, 0.15) is 12.0 Å². The Morgan fingerprint density at radius 1 is 1.38 bits per heavy atom. The molecule has 0 bridgehead atoms. The molecule has 70 valence electrons. The van der Waals surface area contributed by atoms with Gasteiger partial charge in [0.05, 0.1) is 0 Å². The van der Waals surface area contributed by atoms with Gasteiger partial charge in [0.15, 0.2) is 0 Å². The van der Waals surface area contributed by atoms with Gasteiger partial charge >= 0.3 is 0 Å². The predicted molar refractivity (Wildman–Crippen MR) is 58.9 cm³/mol. The van der Waals surface area contributed by atoms with Gasteiger partial charge < -0.3 is 10.6 Å². The van der Waals surface area contributed by atoms with Crippen LogP contribution in [0.2, 0.25) is 0 Å². The molecule has 0 atom stereocenters. The van der Waals surface area contributed by atoms with E-state index in [0.29, 0.717) is 6.54 Å². The number of hydrogen-bond donors (Lipinski definition) is 1. The van der Waals surface area contributed by atoms with Crippen LogP contribution < -0.4 is 10.6 Å². The summed E-state index contributed by atoms with van der Waals surface area (Å²) in [5.41, 5.74) is 8.22. The highest BCUT2D eigenvalue weighted by molar-refractivity contribution is 9.10. The second-order valence-corrected chi connectivity index (χ2v) is 4.23. The maximum atomic E-state index is 5.69. The highest BCUT2D eigenvalue weighted by atomic mass is 79.9. The third kappa shape index (κ3) is 1.71. The molecule has 2 N–H and O–H groups in total. The van der Waals surface area contributed by atoms with Crippen molar-refractivity contribution >= 4 is 21.6 Å². The summed E-state index contributed by atoms with van der Waals surface area (Å²) < 4.78 is 1.11. The van der Waals surface area contributed by atoms with E-state index in [1.165, 1.54) is 30.8 Å². The third-order valence-electron chi connectivity index (χ3n) is 2.46. The van der Waals surface area contributed by atoms with Crippen molar-refractivity contribution < 1.29 is 0 Å². The molecule has 2 nitrogen and oxygen atoms in total. The fourth-order valence-electron chi connectivity index (χ4n) is 1.58. The number of anilines is 1. The van der Waals surface area contributed by atoms with Crippen molar-refractivity contribution in [2.75, 3.05) is 18.0 Å². The number of rotatable bonds is 2. The highest BCUT2D eigenvalue weighted by Crippen LogP contribution is 2.27. The fourth-order valence-corrected chi connectivity index (χ4v) is 1.99. The van der Waals surface area contributed by atoms with Crippen LogP contribution >= 0.6 is 15.9 Å². The molecule has 0 aliphatic carbocycles. The van der Waals surface area contributed by atoms with E-state index in [9.17, 15) is 0 Å². The molecule has 1 saturated heterocycles. The molecule has 1 aliphatic rings. The summed E-state index contributed by atoms with van der Waals surface area (Å²) in [7, 11) is 0. The molecule has 1 aromatic carbocycles. The molecule has 0 aromatic heterocycles. The first-order chi connectivity index (χ1) is 6.31. The first kappa shape index (κ1) is 9.03. The van der Waals surface area contributed by atoms with Crippen molar-refractivity contribution in [3.8, 4) is 0 Å². The van der Waals surface area contributed by atoms with Crippen LogP contribution in [0.15, 0.2) is 22.7 Å². The summed E-state index contributed by atoms with van der Waals surface area (Å²) in [4.78, 5) is 2.37. The molecule has 1 aliphatic heterocycles. The number of halogens is 1. The van der Waals surface area contributed by atoms with Gasteiger partial charge in [-0.1, -0.05) is 15.9 Å². The Labute approximate surface area is 86.9 Å². The Hall–Kier alpha value is -0.540. The molecule has 1 fully saturated rings. The summed E-state index contributed by atoms with van der Waals surface area (Å²) in [5.74, 6) is 0. The second kappa shape index (κ2) is 3.68. The Balaban J connectivity index is 2.32. The number of nitrogens with two attached hydrogens (primary N) is 1. The molecule has 3 heteroatoms. The summed E-state index contributed by atoms with van der Waals surface area (Å²) in [5, 5.41) is 0. The van der Waals surface area contributed by atoms with Gasteiger partial charge in [-0.25, -0.2) is 0 Å². The van der Waals surface area contributed by atoms with Crippen LogP contribution in [0.5, 0.6) is 0 Å². The van der Waals surface area contributed by atoms with E-state index in [4.69, 9.17) is 5.73 Å². The summed E-state index contributed by atoms with van der Waals surface area (Å²) in [6.45, 7) is 2.97. The lowest BCUT2D eigenvalue weighted by Crippen LogP contribution is -2.37. The van der Waals surface area contributed by atoms with E-state index in [0.717, 1.165) is 4.47 Å². The summed E-state index contributed by atoms with van der Waals surface area (Å²) in [6.07, 6.45) is 1.31. The molecule has 0 spiro atoms. The normalized spacial score (nSPS) is 15.7. The molecular weight excluding hydrogens is 228 g/mol. The molecular formula is C10H13BrN2. The molecule has 0 saturated carbocycles. The fraction of sp³-hybridized carbons (Fsp3) is 0.400. The maximum Gasteiger partial charge on any atom is 0.0412 e. The minimum absolute atomic E-state index is 0.616. The van der Waals surface area contributed by atoms with E-state index >= 15 is 0 Å². The van der Waals surface area contributed by atoms with Crippen molar-refractivity contribution in [3.63, 3.8) is 0 Å². The first-order valence-corrected chi connectivity index (χ1v) is 5.34. The average Bonchev–Trinajstić information content (AvgIpc) is 2.05. The van der Waals surface area contributed by atoms with E-state index in [1.54, 1.807) is 0 Å². The number of benzene rings is 1. The van der Waals surface area contributed by atoms with E-state index in [-0.39, 0.29) is 0 Å². The average molecular weight is 241 g/mol. The lowest BCUT2D eigenvalue weighted by atomic mass is 10.1. The van der Waals surface area contributed by atoms with Crippen molar-refractivity contribution in [2.24, 2.45) is 5.73 Å². The minimum Gasteiger partial charge on any atom is -0.371 e. The van der Waals surface area contributed by atoms with Gasteiger partial charge in [-0.05, 0) is 30.2 Å². The van der Waals surface area contributed by atoms with Crippen molar-refractivity contribution in [2.45, 2.75) is 13.0 Å². The predicted octanol–water partition coefficient (Wildman–Crippen LogP) is 2.12. The zero-order chi connectivity index (χ0) is 9.26. The van der Waals surface area contributed by atoms with E-state index < -0.39 is 0 Å². The molecule has 1 heterocycles. The molecule has 1 aromatic rings. The zero-order valence-electron chi connectivity index (χ0n) is 7.46. The SMILES string of the molecule is NCc1cc(Br)ccc1N1CCC1. The molecule has 0 unspecified atom stereocenters. The van der Waals surface area contributed by atoms with Gasteiger partial charge in [0.2, 0.25) is 0 Å². The molecule has 2 rings (SSSR count). The van der Waals surface area contributed by atoms with Crippen molar-refractivity contribution in [1.29, 1.82) is 0 Å². The minimum atomic E-state index is 0.616. The van der Waals surface area contributed by atoms with Gasteiger partial charge in [-0.15, -0.1) is 0 Å². The second-order valence-electron chi connectivity index (χ2n) is 3.32. The van der Waals surface area contributed by atoms with Gasteiger partial charge in [0.1, 0.15) is 0 Å². The van der Waals surface area contributed by atoms with Gasteiger partial charge in [-0.3, -0.25) is 0 Å². The maximum absolute atomic E-state index is 5.69. The number of nitrogens with zero attached hydrogens (tertiary/aromatic N) is 1. The van der Waals surface area contributed by atoms with Crippen molar-refractivity contribution in [1.82, 2.24) is 0 Å². The third-order valence-corrected chi connectivity index (χ3v) is 2.95. The summed E-state index contributed by atoms with van der Waals surface area (Å²) in [6, 6.07) is 6.33. The van der Waals surface area contributed by atoms with Crippen LogP contribution in [0.25, 0.3) is 0 Å². The van der Waals surface area contributed by atoms with Gasteiger partial charge in [0.25, 0.3) is 0 Å². The standard InChI is InChI=1S/C10H13BrN2/c11-9-2-3-10(8(6-9)7-12)13-4-1-5-13/h2-3,6H,1,4-5,7,12H2. The van der Waals surface area contributed by atoms with E-state index in [2.05, 4.69) is 39.0 Å². The van der Waals surface area contributed by atoms with E-state index in [1.807, 2.05) is 0 Å². The monoisotopic (exact) mass is 240 g/mol. The van der Waals surface area contributed by atoms with Crippen LogP contribution in [0.3, 0.4) is 0 Å². The van der Waals surface area contributed by atoms with Gasteiger partial charge in [-0.2, -0.15) is 0 Å². The summed E-state index contributed by atoms with van der Waals surface area (Å²) >= 11 is 3.45. The zero-order valence-corrected chi connectivity index (χ0v) is 9.05.